The fraction of sp³-hybridized carbons (Fsp3) is 0.200. The first kappa shape index (κ1) is 19.9. The van der Waals surface area contributed by atoms with Crippen molar-refractivity contribution in [3.05, 3.63) is 64.3 Å². The zero-order chi connectivity index (χ0) is 21.0. The second-order valence-electron chi connectivity index (χ2n) is 6.48. The Morgan fingerprint density at radius 3 is 2.34 bits per heavy atom. The molecule has 3 aromatic rings. The molecule has 0 aliphatic carbocycles. The number of aryl methyl sites for hydroxylation is 1. The third kappa shape index (κ3) is 4.52. The first-order valence-corrected chi connectivity index (χ1v) is 8.86. The van der Waals surface area contributed by atoms with Crippen LogP contribution in [0.15, 0.2) is 48.5 Å². The summed E-state index contributed by atoms with van der Waals surface area (Å²) in [7, 11) is 5.45. The summed E-state index contributed by atoms with van der Waals surface area (Å²) in [5.74, 6) is 0.884. The lowest BCUT2D eigenvalue weighted by atomic mass is 10.2. The SMILES string of the molecule is COc1ccccc1Nc1nc(Nc2ccc(N(C)C)cc2)nc(C)c1[N+](=O)[O-]. The highest BCUT2D eigenvalue weighted by atomic mass is 16.6. The largest absolute Gasteiger partial charge is 0.495 e. The summed E-state index contributed by atoms with van der Waals surface area (Å²) in [6.07, 6.45) is 0. The van der Waals surface area contributed by atoms with Crippen molar-refractivity contribution >= 4 is 34.5 Å². The number of hydrogen-bond donors (Lipinski definition) is 2. The van der Waals surface area contributed by atoms with E-state index in [1.165, 1.54) is 7.11 Å². The van der Waals surface area contributed by atoms with Crippen molar-refractivity contribution in [2.24, 2.45) is 0 Å². The lowest BCUT2D eigenvalue weighted by Gasteiger charge is -2.14. The third-order valence-electron chi connectivity index (χ3n) is 4.24. The summed E-state index contributed by atoms with van der Waals surface area (Å²) in [4.78, 5) is 21.7. The molecular formula is C20H22N6O3. The maximum Gasteiger partial charge on any atom is 0.332 e. The van der Waals surface area contributed by atoms with Crippen molar-refractivity contribution in [2.75, 3.05) is 36.7 Å². The van der Waals surface area contributed by atoms with E-state index in [1.54, 1.807) is 25.1 Å². The van der Waals surface area contributed by atoms with Gasteiger partial charge in [0.15, 0.2) is 0 Å². The van der Waals surface area contributed by atoms with Gasteiger partial charge >= 0.3 is 5.69 Å². The van der Waals surface area contributed by atoms with Crippen LogP contribution in [0.4, 0.5) is 34.5 Å². The molecule has 0 fully saturated rings. The van der Waals surface area contributed by atoms with Crippen LogP contribution >= 0.6 is 0 Å². The Morgan fingerprint density at radius 1 is 1.03 bits per heavy atom. The number of nitro groups is 1. The molecule has 0 spiro atoms. The minimum atomic E-state index is -0.497. The molecule has 3 rings (SSSR count). The molecule has 29 heavy (non-hydrogen) atoms. The predicted molar refractivity (Wildman–Crippen MR) is 114 cm³/mol. The third-order valence-corrected chi connectivity index (χ3v) is 4.24. The molecule has 1 heterocycles. The van der Waals surface area contributed by atoms with Crippen molar-refractivity contribution in [1.29, 1.82) is 0 Å². The molecule has 1 aromatic heterocycles. The van der Waals surface area contributed by atoms with Crippen LogP contribution in [0.2, 0.25) is 0 Å². The number of anilines is 5. The highest BCUT2D eigenvalue weighted by molar-refractivity contribution is 5.72. The van der Waals surface area contributed by atoms with Gasteiger partial charge in [0.1, 0.15) is 11.4 Å². The Balaban J connectivity index is 1.96. The summed E-state index contributed by atoms with van der Waals surface area (Å²) >= 11 is 0. The molecule has 0 aliphatic heterocycles. The van der Waals surface area contributed by atoms with Crippen LogP contribution in [-0.4, -0.2) is 36.1 Å². The smallest absolute Gasteiger partial charge is 0.332 e. The van der Waals surface area contributed by atoms with Gasteiger partial charge < -0.3 is 20.3 Å². The molecule has 0 saturated carbocycles. The highest BCUT2D eigenvalue weighted by Gasteiger charge is 2.23. The van der Waals surface area contributed by atoms with E-state index < -0.39 is 4.92 Å². The second kappa shape index (κ2) is 8.42. The van der Waals surface area contributed by atoms with Crippen LogP contribution in [-0.2, 0) is 0 Å². The molecule has 0 atom stereocenters. The Labute approximate surface area is 168 Å². The molecule has 0 amide bonds. The first-order chi connectivity index (χ1) is 13.9. The van der Waals surface area contributed by atoms with Gasteiger partial charge in [0.25, 0.3) is 0 Å². The molecule has 0 bridgehead atoms. The average Bonchev–Trinajstić information content (AvgIpc) is 2.68. The fourth-order valence-electron chi connectivity index (χ4n) is 2.78. The summed E-state index contributed by atoms with van der Waals surface area (Å²) in [5.41, 5.74) is 2.44. The van der Waals surface area contributed by atoms with E-state index in [-0.39, 0.29) is 23.1 Å². The van der Waals surface area contributed by atoms with E-state index in [2.05, 4.69) is 20.6 Å². The summed E-state index contributed by atoms with van der Waals surface area (Å²) < 4.78 is 5.31. The molecule has 2 N–H and O–H groups in total. The number of benzene rings is 2. The van der Waals surface area contributed by atoms with E-state index in [1.807, 2.05) is 49.3 Å². The van der Waals surface area contributed by atoms with Crippen molar-refractivity contribution in [2.45, 2.75) is 6.92 Å². The van der Waals surface area contributed by atoms with Crippen molar-refractivity contribution < 1.29 is 9.66 Å². The molecule has 0 radical (unpaired) electrons. The van der Waals surface area contributed by atoms with Gasteiger partial charge in [-0.05, 0) is 43.3 Å². The first-order valence-electron chi connectivity index (χ1n) is 8.86. The molecule has 9 heteroatoms. The maximum absolute atomic E-state index is 11.6. The van der Waals surface area contributed by atoms with Gasteiger partial charge in [-0.15, -0.1) is 0 Å². The van der Waals surface area contributed by atoms with Gasteiger partial charge in [-0.25, -0.2) is 4.98 Å². The summed E-state index contributed by atoms with van der Waals surface area (Å²) in [6, 6.07) is 14.8. The van der Waals surface area contributed by atoms with Gasteiger partial charge in [-0.3, -0.25) is 10.1 Å². The van der Waals surface area contributed by atoms with Gasteiger partial charge in [-0.2, -0.15) is 4.98 Å². The molecular weight excluding hydrogens is 372 g/mol. The number of aromatic nitrogens is 2. The van der Waals surface area contributed by atoms with E-state index in [4.69, 9.17) is 4.74 Å². The van der Waals surface area contributed by atoms with Crippen molar-refractivity contribution in [3.8, 4) is 5.75 Å². The standard InChI is InChI=1S/C20H22N6O3/c1-13-18(26(27)28)19(23-16-7-5-6-8-17(16)29-4)24-20(21-13)22-14-9-11-15(12-10-14)25(2)3/h5-12H,1-4H3,(H2,21,22,23,24). The summed E-state index contributed by atoms with van der Waals surface area (Å²) in [5, 5.41) is 17.7. The van der Waals surface area contributed by atoms with Crippen LogP contribution in [0.25, 0.3) is 0 Å². The number of hydrogen-bond acceptors (Lipinski definition) is 8. The quantitative estimate of drug-likeness (QED) is 0.452. The van der Waals surface area contributed by atoms with Gasteiger partial charge in [-0.1, -0.05) is 12.1 Å². The Bertz CT molecular complexity index is 1020. The zero-order valence-corrected chi connectivity index (χ0v) is 16.6. The molecule has 0 unspecified atom stereocenters. The number of rotatable bonds is 7. The van der Waals surface area contributed by atoms with Crippen LogP contribution in [0, 0.1) is 17.0 Å². The Kier molecular flexibility index (Phi) is 5.77. The molecule has 150 valence electrons. The molecule has 0 aliphatic rings. The number of para-hydroxylation sites is 2. The van der Waals surface area contributed by atoms with Gasteiger partial charge in [0, 0.05) is 25.5 Å². The summed E-state index contributed by atoms with van der Waals surface area (Å²) in [6.45, 7) is 1.58. The van der Waals surface area contributed by atoms with E-state index in [0.29, 0.717) is 11.4 Å². The number of ether oxygens (including phenoxy) is 1. The Morgan fingerprint density at radius 2 is 1.72 bits per heavy atom. The van der Waals surface area contributed by atoms with Crippen LogP contribution in [0.3, 0.4) is 0 Å². The predicted octanol–water partition coefficient (Wildman–Crippen LogP) is 4.26. The van der Waals surface area contributed by atoms with Crippen LogP contribution in [0.5, 0.6) is 5.75 Å². The van der Waals surface area contributed by atoms with E-state index >= 15 is 0 Å². The second-order valence-corrected chi connectivity index (χ2v) is 6.48. The normalized spacial score (nSPS) is 10.3. The highest BCUT2D eigenvalue weighted by Crippen LogP contribution is 2.33. The molecule has 0 saturated heterocycles. The van der Waals surface area contributed by atoms with Crippen LogP contribution in [0.1, 0.15) is 5.69 Å². The van der Waals surface area contributed by atoms with E-state index in [0.717, 1.165) is 11.4 Å². The maximum atomic E-state index is 11.6. The van der Waals surface area contributed by atoms with E-state index in [9.17, 15) is 10.1 Å². The Hall–Kier alpha value is -3.88. The van der Waals surface area contributed by atoms with Gasteiger partial charge in [0.05, 0.1) is 17.7 Å². The van der Waals surface area contributed by atoms with Crippen LogP contribution < -0.4 is 20.3 Å². The topological polar surface area (TPSA) is 105 Å². The minimum Gasteiger partial charge on any atom is -0.495 e. The molecule has 2 aromatic carbocycles. The number of nitrogens with zero attached hydrogens (tertiary/aromatic N) is 4. The minimum absolute atomic E-state index is 0.0828. The monoisotopic (exact) mass is 394 g/mol. The lowest BCUT2D eigenvalue weighted by Crippen LogP contribution is -2.09. The zero-order valence-electron chi connectivity index (χ0n) is 16.6. The van der Waals surface area contributed by atoms with Crippen molar-refractivity contribution in [3.63, 3.8) is 0 Å². The lowest BCUT2D eigenvalue weighted by molar-refractivity contribution is -0.385. The fourth-order valence-corrected chi connectivity index (χ4v) is 2.78. The van der Waals surface area contributed by atoms with Gasteiger partial charge in [0.2, 0.25) is 11.8 Å². The number of nitrogens with one attached hydrogen (secondary N) is 2. The number of methoxy groups -OCH3 is 1. The average molecular weight is 394 g/mol. The van der Waals surface area contributed by atoms with Crippen molar-refractivity contribution in [1.82, 2.24) is 9.97 Å². The molecule has 9 nitrogen and oxygen atoms in total.